The third-order valence-electron chi connectivity index (χ3n) is 2.93. The molecule has 0 atom stereocenters. The van der Waals surface area contributed by atoms with Crippen LogP contribution in [0.3, 0.4) is 0 Å². The number of nitro benzene ring substituents is 1. The molecular weight excluding hydrogens is 244 g/mol. The van der Waals surface area contributed by atoms with Gasteiger partial charge in [0.15, 0.2) is 12.4 Å². The molecule has 1 N–H and O–H groups in total. The minimum absolute atomic E-state index is 0.0576. The van der Waals surface area contributed by atoms with E-state index in [1.807, 2.05) is 36.1 Å². The number of nitrogens with one attached hydrogen (secondary N) is 1. The fraction of sp³-hybridized carbons (Fsp3) is 0.0769. The van der Waals surface area contributed by atoms with Crippen LogP contribution in [0.15, 0.2) is 42.7 Å². The minimum atomic E-state index is -0.414. The van der Waals surface area contributed by atoms with E-state index >= 15 is 0 Å². The molecule has 0 aliphatic heterocycles. The molecule has 0 saturated heterocycles. The molecule has 0 aliphatic rings. The molecule has 6 nitrogen and oxygen atoms in total. The van der Waals surface area contributed by atoms with Crippen LogP contribution in [0.2, 0.25) is 0 Å². The van der Waals surface area contributed by atoms with Gasteiger partial charge in [0.1, 0.15) is 12.9 Å². The lowest BCUT2D eigenvalue weighted by Crippen LogP contribution is -2.25. The number of fused-ring (bicyclic) bond motifs is 1. The summed E-state index contributed by atoms with van der Waals surface area (Å²) in [6, 6.07) is 8.47. The Kier molecular flexibility index (Phi) is 2.49. The number of H-pyrrole nitrogens is 1. The molecular formula is C13H11N4O2+. The van der Waals surface area contributed by atoms with E-state index in [4.69, 9.17) is 0 Å². The molecule has 0 amide bonds. The maximum atomic E-state index is 10.7. The van der Waals surface area contributed by atoms with E-state index in [-0.39, 0.29) is 5.69 Å². The topological polar surface area (TPSA) is 75.7 Å². The quantitative estimate of drug-likeness (QED) is 0.432. The van der Waals surface area contributed by atoms with E-state index < -0.39 is 4.92 Å². The third-order valence-corrected chi connectivity index (χ3v) is 2.93. The summed E-state index contributed by atoms with van der Waals surface area (Å²) in [7, 11) is 1.94. The molecule has 3 rings (SSSR count). The second-order valence-electron chi connectivity index (χ2n) is 4.30. The maximum absolute atomic E-state index is 10.7. The maximum Gasteiger partial charge on any atom is 0.271 e. The van der Waals surface area contributed by atoms with Crippen molar-refractivity contribution < 1.29 is 9.49 Å². The Labute approximate surface area is 108 Å². The Morgan fingerprint density at radius 1 is 1.26 bits per heavy atom. The van der Waals surface area contributed by atoms with Crippen LogP contribution in [0, 0.1) is 10.1 Å². The lowest BCUT2D eigenvalue weighted by Gasteiger charge is -1.93. The van der Waals surface area contributed by atoms with Crippen LogP contribution in [-0.2, 0) is 7.05 Å². The van der Waals surface area contributed by atoms with Crippen molar-refractivity contribution in [2.45, 2.75) is 0 Å². The Bertz CT molecular complexity index is 762. The first kappa shape index (κ1) is 11.3. The molecule has 19 heavy (non-hydrogen) atoms. The first-order valence-corrected chi connectivity index (χ1v) is 5.73. The summed E-state index contributed by atoms with van der Waals surface area (Å²) >= 11 is 0. The average molecular weight is 255 g/mol. The number of rotatable bonds is 2. The van der Waals surface area contributed by atoms with Gasteiger partial charge in [0.25, 0.3) is 5.69 Å². The summed E-state index contributed by atoms with van der Waals surface area (Å²) in [6.45, 7) is 0. The number of hydrogen-bond donors (Lipinski definition) is 1. The Morgan fingerprint density at radius 2 is 2.00 bits per heavy atom. The Morgan fingerprint density at radius 3 is 2.68 bits per heavy atom. The Hall–Kier alpha value is -2.76. The van der Waals surface area contributed by atoms with Crippen molar-refractivity contribution >= 4 is 16.7 Å². The highest BCUT2D eigenvalue weighted by Crippen LogP contribution is 2.23. The molecule has 94 valence electrons. The standard InChI is InChI=1S/C13H10N4O2/c1-16-6-4-9(5-7-16)13-14-11-3-2-10(17(18)19)8-12(11)15-13/h2-8H,1H3/p+1. The number of benzene rings is 1. The number of non-ortho nitro benzene ring substituents is 1. The molecule has 0 radical (unpaired) electrons. The second kappa shape index (κ2) is 4.16. The van der Waals surface area contributed by atoms with E-state index in [2.05, 4.69) is 9.97 Å². The molecule has 3 aromatic rings. The van der Waals surface area contributed by atoms with Gasteiger partial charge < -0.3 is 4.98 Å². The summed E-state index contributed by atoms with van der Waals surface area (Å²) < 4.78 is 1.93. The van der Waals surface area contributed by atoms with Crippen molar-refractivity contribution in [1.29, 1.82) is 0 Å². The van der Waals surface area contributed by atoms with Gasteiger partial charge in [-0.05, 0) is 6.07 Å². The molecule has 6 heteroatoms. The molecule has 1 aromatic carbocycles. The predicted molar refractivity (Wildman–Crippen MR) is 69.4 cm³/mol. The van der Waals surface area contributed by atoms with Gasteiger partial charge >= 0.3 is 0 Å². The number of hydrogen-bond acceptors (Lipinski definition) is 3. The van der Waals surface area contributed by atoms with E-state index in [1.165, 1.54) is 12.1 Å². The zero-order chi connectivity index (χ0) is 13.4. The van der Waals surface area contributed by atoms with Gasteiger partial charge in [-0.2, -0.15) is 0 Å². The lowest BCUT2D eigenvalue weighted by molar-refractivity contribution is -0.671. The summed E-state index contributed by atoms with van der Waals surface area (Å²) in [5.74, 6) is 0.705. The van der Waals surface area contributed by atoms with Crippen molar-refractivity contribution in [1.82, 2.24) is 9.97 Å². The second-order valence-corrected chi connectivity index (χ2v) is 4.30. The van der Waals surface area contributed by atoms with Gasteiger partial charge in [0.2, 0.25) is 0 Å². The first-order valence-electron chi connectivity index (χ1n) is 5.73. The van der Waals surface area contributed by atoms with Crippen LogP contribution in [0.5, 0.6) is 0 Å². The molecule has 0 fully saturated rings. The van der Waals surface area contributed by atoms with Gasteiger partial charge in [-0.1, -0.05) is 0 Å². The highest BCUT2D eigenvalue weighted by molar-refractivity contribution is 5.81. The van der Waals surface area contributed by atoms with Crippen LogP contribution >= 0.6 is 0 Å². The van der Waals surface area contributed by atoms with Gasteiger partial charge in [-0.15, -0.1) is 0 Å². The van der Waals surface area contributed by atoms with E-state index in [1.54, 1.807) is 6.07 Å². The SMILES string of the molecule is C[n+]1ccc(-c2nc3ccc([N+](=O)[O-])cc3[nH]2)cc1. The normalized spacial score (nSPS) is 10.8. The van der Waals surface area contributed by atoms with Crippen molar-refractivity contribution in [2.24, 2.45) is 7.05 Å². The van der Waals surface area contributed by atoms with Crippen LogP contribution in [-0.4, -0.2) is 14.9 Å². The summed E-state index contributed by atoms with van der Waals surface area (Å²) in [6.07, 6.45) is 3.84. The average Bonchev–Trinajstić information content (AvgIpc) is 2.82. The highest BCUT2D eigenvalue weighted by atomic mass is 16.6. The summed E-state index contributed by atoms with van der Waals surface area (Å²) in [4.78, 5) is 17.8. The number of aromatic nitrogens is 3. The summed E-state index contributed by atoms with van der Waals surface area (Å²) in [5.41, 5.74) is 2.38. The van der Waals surface area contributed by atoms with Gasteiger partial charge in [0.05, 0.1) is 16.0 Å². The van der Waals surface area contributed by atoms with E-state index in [9.17, 15) is 10.1 Å². The van der Waals surface area contributed by atoms with E-state index in [0.29, 0.717) is 16.9 Å². The van der Waals surface area contributed by atoms with Gasteiger partial charge in [0, 0.05) is 29.8 Å². The van der Waals surface area contributed by atoms with Crippen molar-refractivity contribution in [3.63, 3.8) is 0 Å². The molecule has 2 heterocycles. The molecule has 0 saturated carbocycles. The highest BCUT2D eigenvalue weighted by Gasteiger charge is 2.11. The largest absolute Gasteiger partial charge is 0.338 e. The van der Waals surface area contributed by atoms with Crippen LogP contribution in [0.25, 0.3) is 22.4 Å². The zero-order valence-corrected chi connectivity index (χ0v) is 10.2. The predicted octanol–water partition coefficient (Wildman–Crippen LogP) is 1.96. The number of nitro groups is 1. The third kappa shape index (κ3) is 2.03. The molecule has 0 unspecified atom stereocenters. The smallest absolute Gasteiger partial charge is 0.271 e. The number of pyridine rings is 1. The number of nitrogens with zero attached hydrogens (tertiary/aromatic N) is 3. The van der Waals surface area contributed by atoms with Crippen molar-refractivity contribution in [3.8, 4) is 11.4 Å². The van der Waals surface area contributed by atoms with Crippen LogP contribution < -0.4 is 4.57 Å². The lowest BCUT2D eigenvalue weighted by atomic mass is 10.2. The number of aromatic amines is 1. The Balaban J connectivity index is 2.11. The van der Waals surface area contributed by atoms with Crippen molar-refractivity contribution in [2.75, 3.05) is 0 Å². The minimum Gasteiger partial charge on any atom is -0.338 e. The van der Waals surface area contributed by atoms with Crippen molar-refractivity contribution in [3.05, 3.63) is 52.8 Å². The molecule has 0 bridgehead atoms. The number of aryl methyl sites for hydroxylation is 1. The zero-order valence-electron chi connectivity index (χ0n) is 10.2. The molecule has 2 aromatic heterocycles. The molecule has 0 aliphatic carbocycles. The van der Waals surface area contributed by atoms with Crippen LogP contribution in [0.4, 0.5) is 5.69 Å². The van der Waals surface area contributed by atoms with Crippen LogP contribution in [0.1, 0.15) is 0 Å². The van der Waals surface area contributed by atoms with E-state index in [0.717, 1.165) is 5.56 Å². The fourth-order valence-electron chi connectivity index (χ4n) is 1.91. The van der Waals surface area contributed by atoms with Gasteiger partial charge in [-0.3, -0.25) is 10.1 Å². The molecule has 0 spiro atoms. The monoisotopic (exact) mass is 255 g/mol. The first-order chi connectivity index (χ1) is 9.13. The summed E-state index contributed by atoms with van der Waals surface area (Å²) in [5, 5.41) is 10.7. The van der Waals surface area contributed by atoms with Gasteiger partial charge in [-0.25, -0.2) is 9.55 Å². The number of imidazole rings is 1. The fourth-order valence-corrected chi connectivity index (χ4v) is 1.91.